The molecule has 1 atom stereocenters. The quantitative estimate of drug-likeness (QED) is 0.927. The smallest absolute Gasteiger partial charge is 0.148 e. The third kappa shape index (κ3) is 2.27. The van der Waals surface area contributed by atoms with Crippen LogP contribution < -0.4 is 10.2 Å². The van der Waals surface area contributed by atoms with E-state index in [1.165, 1.54) is 17.9 Å². The van der Waals surface area contributed by atoms with Gasteiger partial charge in [-0.2, -0.15) is 11.8 Å². The van der Waals surface area contributed by atoms with Crippen LogP contribution >= 0.6 is 27.7 Å². The minimum atomic E-state index is 0.584. The van der Waals surface area contributed by atoms with Crippen molar-refractivity contribution in [3.8, 4) is 0 Å². The maximum absolute atomic E-state index is 4.35. The Kier molecular flexibility index (Phi) is 3.91. The predicted octanol–water partition coefficient (Wildman–Crippen LogP) is 2.22. The molecule has 0 saturated carbocycles. The van der Waals surface area contributed by atoms with Gasteiger partial charge in [-0.15, -0.1) is 0 Å². The van der Waals surface area contributed by atoms with Gasteiger partial charge >= 0.3 is 0 Å². The summed E-state index contributed by atoms with van der Waals surface area (Å²) in [6.45, 7) is 0. The molecule has 0 amide bonds. The minimum absolute atomic E-state index is 0.584. The molecule has 0 radical (unpaired) electrons. The molecule has 1 aromatic rings. The second-order valence-electron chi connectivity index (χ2n) is 3.74. The molecule has 0 aromatic carbocycles. The average molecular weight is 303 g/mol. The van der Waals surface area contributed by atoms with Crippen LogP contribution in [0.5, 0.6) is 0 Å². The fourth-order valence-electron chi connectivity index (χ4n) is 1.78. The molecule has 1 aliphatic rings. The molecule has 1 N–H and O–H groups in total. The number of hydrogen-bond donors (Lipinski definition) is 1. The normalized spacial score (nSPS) is 19.8. The highest BCUT2D eigenvalue weighted by Crippen LogP contribution is 2.32. The second-order valence-corrected chi connectivity index (χ2v) is 5.68. The fourth-order valence-corrected chi connectivity index (χ4v) is 3.73. The van der Waals surface area contributed by atoms with Crippen LogP contribution in [-0.2, 0) is 0 Å². The van der Waals surface area contributed by atoms with Gasteiger partial charge in [0.05, 0.1) is 0 Å². The van der Waals surface area contributed by atoms with E-state index < -0.39 is 0 Å². The van der Waals surface area contributed by atoms with Crippen molar-refractivity contribution in [2.45, 2.75) is 12.5 Å². The Morgan fingerprint density at radius 1 is 1.56 bits per heavy atom. The monoisotopic (exact) mass is 302 g/mol. The van der Waals surface area contributed by atoms with Crippen molar-refractivity contribution in [2.75, 3.05) is 35.8 Å². The number of hydrogen-bond acceptors (Lipinski definition) is 5. The summed E-state index contributed by atoms with van der Waals surface area (Å²) < 4.78 is 0.942. The number of nitrogens with one attached hydrogen (secondary N) is 1. The second kappa shape index (κ2) is 5.23. The molecule has 2 heterocycles. The molecule has 16 heavy (non-hydrogen) atoms. The number of anilines is 2. The Hall–Kier alpha value is -0.490. The molecule has 0 bridgehead atoms. The Balaban J connectivity index is 2.25. The summed E-state index contributed by atoms with van der Waals surface area (Å²) in [4.78, 5) is 10.8. The van der Waals surface area contributed by atoms with E-state index in [4.69, 9.17) is 0 Å². The standard InChI is InChI=1S/C10H15BrN4S/c1-12-9-8(11)10(14-6-13-9)15(2)7-3-4-16-5-7/h6-7H,3-5H2,1-2H3,(H,12,13,14). The molecule has 6 heteroatoms. The van der Waals surface area contributed by atoms with E-state index in [0.29, 0.717) is 6.04 Å². The molecule has 1 aromatic heterocycles. The molecule has 1 saturated heterocycles. The number of rotatable bonds is 3. The Morgan fingerprint density at radius 2 is 2.38 bits per heavy atom. The maximum atomic E-state index is 4.35. The zero-order valence-corrected chi connectivity index (χ0v) is 11.8. The summed E-state index contributed by atoms with van der Waals surface area (Å²) in [5.74, 6) is 4.23. The number of nitrogens with zero attached hydrogens (tertiary/aromatic N) is 3. The van der Waals surface area contributed by atoms with Gasteiger partial charge in [0, 0.05) is 25.9 Å². The van der Waals surface area contributed by atoms with E-state index in [1.54, 1.807) is 6.33 Å². The summed E-state index contributed by atoms with van der Waals surface area (Å²) in [6.07, 6.45) is 2.83. The van der Waals surface area contributed by atoms with Gasteiger partial charge in [-0.1, -0.05) is 0 Å². The summed E-state index contributed by atoms with van der Waals surface area (Å²) in [6, 6.07) is 0.584. The lowest BCUT2D eigenvalue weighted by Crippen LogP contribution is -2.32. The van der Waals surface area contributed by atoms with Crippen LogP contribution in [0.2, 0.25) is 0 Å². The highest BCUT2D eigenvalue weighted by Gasteiger charge is 2.23. The van der Waals surface area contributed by atoms with Gasteiger partial charge in [-0.3, -0.25) is 0 Å². The third-order valence-corrected chi connectivity index (χ3v) is 4.67. The zero-order valence-electron chi connectivity index (χ0n) is 9.40. The van der Waals surface area contributed by atoms with Crippen molar-refractivity contribution in [1.82, 2.24) is 9.97 Å². The van der Waals surface area contributed by atoms with Crippen LogP contribution in [0.3, 0.4) is 0 Å². The molecule has 4 nitrogen and oxygen atoms in total. The van der Waals surface area contributed by atoms with Crippen molar-refractivity contribution in [3.05, 3.63) is 10.8 Å². The van der Waals surface area contributed by atoms with Crippen LogP contribution in [0.15, 0.2) is 10.8 Å². The molecule has 1 unspecified atom stereocenters. The highest BCUT2D eigenvalue weighted by molar-refractivity contribution is 9.10. The lowest BCUT2D eigenvalue weighted by molar-refractivity contribution is 0.689. The number of halogens is 1. The molecular formula is C10H15BrN4S. The summed E-state index contributed by atoms with van der Waals surface area (Å²) in [5.41, 5.74) is 0. The first-order chi connectivity index (χ1) is 7.74. The maximum Gasteiger partial charge on any atom is 0.148 e. The first-order valence-corrected chi connectivity index (χ1v) is 7.17. The number of aromatic nitrogens is 2. The van der Waals surface area contributed by atoms with E-state index in [1.807, 2.05) is 18.8 Å². The molecule has 0 spiro atoms. The SMILES string of the molecule is CNc1ncnc(N(C)C2CCSC2)c1Br. The highest BCUT2D eigenvalue weighted by atomic mass is 79.9. The van der Waals surface area contributed by atoms with Gasteiger partial charge in [0.15, 0.2) is 0 Å². The van der Waals surface area contributed by atoms with Crippen molar-refractivity contribution in [3.63, 3.8) is 0 Å². The van der Waals surface area contributed by atoms with Gasteiger partial charge in [-0.05, 0) is 28.1 Å². The summed E-state index contributed by atoms with van der Waals surface area (Å²) in [5, 5.41) is 3.05. The van der Waals surface area contributed by atoms with Crippen LogP contribution in [-0.4, -0.2) is 41.6 Å². The van der Waals surface area contributed by atoms with Gasteiger partial charge in [0.25, 0.3) is 0 Å². The van der Waals surface area contributed by atoms with Crippen LogP contribution in [0.25, 0.3) is 0 Å². The summed E-state index contributed by atoms with van der Waals surface area (Å²) in [7, 11) is 3.96. The van der Waals surface area contributed by atoms with Gasteiger partial charge in [0.2, 0.25) is 0 Å². The van der Waals surface area contributed by atoms with Crippen molar-refractivity contribution >= 4 is 39.3 Å². The van der Waals surface area contributed by atoms with Crippen LogP contribution in [0, 0.1) is 0 Å². The zero-order chi connectivity index (χ0) is 11.5. The number of thioether (sulfide) groups is 1. The van der Waals surface area contributed by atoms with Crippen LogP contribution in [0.4, 0.5) is 11.6 Å². The molecule has 1 fully saturated rings. The lowest BCUT2D eigenvalue weighted by atomic mass is 10.2. The molecular weight excluding hydrogens is 288 g/mol. The average Bonchev–Trinajstić information content (AvgIpc) is 2.82. The van der Waals surface area contributed by atoms with Crippen molar-refractivity contribution < 1.29 is 0 Å². The van der Waals surface area contributed by atoms with Gasteiger partial charge in [0.1, 0.15) is 22.4 Å². The predicted molar refractivity (Wildman–Crippen MR) is 73.4 cm³/mol. The molecule has 2 rings (SSSR count). The Labute approximate surface area is 108 Å². The van der Waals surface area contributed by atoms with Crippen molar-refractivity contribution in [1.29, 1.82) is 0 Å². The van der Waals surface area contributed by atoms with Crippen LogP contribution in [0.1, 0.15) is 6.42 Å². The first kappa shape index (κ1) is 12.0. The van der Waals surface area contributed by atoms with Crippen molar-refractivity contribution in [2.24, 2.45) is 0 Å². The van der Waals surface area contributed by atoms with E-state index in [0.717, 1.165) is 16.1 Å². The van der Waals surface area contributed by atoms with E-state index >= 15 is 0 Å². The van der Waals surface area contributed by atoms with Gasteiger partial charge in [-0.25, -0.2) is 9.97 Å². The minimum Gasteiger partial charge on any atom is -0.372 e. The van der Waals surface area contributed by atoms with Gasteiger partial charge < -0.3 is 10.2 Å². The van der Waals surface area contributed by atoms with E-state index in [2.05, 4.69) is 43.2 Å². The first-order valence-electron chi connectivity index (χ1n) is 5.23. The Morgan fingerprint density at radius 3 is 3.00 bits per heavy atom. The van der Waals surface area contributed by atoms with E-state index in [9.17, 15) is 0 Å². The lowest BCUT2D eigenvalue weighted by Gasteiger charge is -2.26. The largest absolute Gasteiger partial charge is 0.372 e. The molecule has 1 aliphatic heterocycles. The summed E-state index contributed by atoms with van der Waals surface area (Å²) >= 11 is 5.56. The molecule has 88 valence electrons. The fraction of sp³-hybridized carbons (Fsp3) is 0.600. The Bertz CT molecular complexity index is 368. The third-order valence-electron chi connectivity index (χ3n) is 2.80. The topological polar surface area (TPSA) is 41.1 Å². The van der Waals surface area contributed by atoms with E-state index in [-0.39, 0.29) is 0 Å². The molecule has 0 aliphatic carbocycles.